The molecule has 2 aromatic heterocycles. The van der Waals surface area contributed by atoms with Gasteiger partial charge in [0.1, 0.15) is 17.8 Å². The lowest BCUT2D eigenvalue weighted by atomic mass is 10.1. The fourth-order valence-corrected chi connectivity index (χ4v) is 4.82. The van der Waals surface area contributed by atoms with E-state index in [2.05, 4.69) is 20.6 Å². The SMILES string of the molecule is Nc1ncnc2c1c(-c1ccc(NC(=O)c3ccccc3Cl)c3c1OCO3)nn2[C@@H]1CCCNC1. The van der Waals surface area contributed by atoms with Gasteiger partial charge >= 0.3 is 0 Å². The van der Waals surface area contributed by atoms with Crippen LogP contribution >= 0.6 is 11.6 Å². The molecule has 0 aliphatic carbocycles. The molecule has 4 heterocycles. The molecule has 4 aromatic rings. The van der Waals surface area contributed by atoms with E-state index in [9.17, 15) is 4.79 Å². The number of nitrogens with zero attached hydrogens (tertiary/aromatic N) is 4. The Kier molecular flexibility index (Phi) is 5.39. The van der Waals surface area contributed by atoms with Crippen LogP contribution in [0, 0.1) is 0 Å². The molecule has 11 heteroatoms. The van der Waals surface area contributed by atoms with Crippen LogP contribution in [0.3, 0.4) is 0 Å². The molecule has 1 saturated heterocycles. The van der Waals surface area contributed by atoms with E-state index in [0.717, 1.165) is 25.9 Å². The Balaban J connectivity index is 1.44. The maximum atomic E-state index is 12.8. The first-order chi connectivity index (χ1) is 17.1. The Morgan fingerprint density at radius 1 is 1.17 bits per heavy atom. The molecular formula is C24H22ClN7O3. The molecule has 2 aliphatic rings. The normalized spacial score (nSPS) is 17.0. The second kappa shape index (κ2) is 8.71. The van der Waals surface area contributed by atoms with E-state index in [1.807, 2.05) is 10.7 Å². The molecule has 1 amide bonds. The minimum atomic E-state index is -0.349. The fourth-order valence-electron chi connectivity index (χ4n) is 4.60. The van der Waals surface area contributed by atoms with Gasteiger partial charge in [-0.05, 0) is 43.7 Å². The number of benzene rings is 2. The van der Waals surface area contributed by atoms with Gasteiger partial charge in [-0.2, -0.15) is 5.10 Å². The molecule has 4 N–H and O–H groups in total. The van der Waals surface area contributed by atoms with Crippen molar-refractivity contribution in [2.24, 2.45) is 0 Å². The average Bonchev–Trinajstić information content (AvgIpc) is 3.52. The largest absolute Gasteiger partial charge is 0.453 e. The van der Waals surface area contributed by atoms with Crippen molar-refractivity contribution in [3.05, 3.63) is 53.3 Å². The monoisotopic (exact) mass is 491 g/mol. The van der Waals surface area contributed by atoms with Crippen LogP contribution in [0.1, 0.15) is 29.2 Å². The van der Waals surface area contributed by atoms with Gasteiger partial charge < -0.3 is 25.8 Å². The summed E-state index contributed by atoms with van der Waals surface area (Å²) < 4.78 is 13.5. The number of carbonyl (C=O) groups is 1. The van der Waals surface area contributed by atoms with Gasteiger partial charge in [0.25, 0.3) is 5.91 Å². The lowest BCUT2D eigenvalue weighted by Gasteiger charge is -2.23. The van der Waals surface area contributed by atoms with Gasteiger partial charge in [-0.15, -0.1) is 0 Å². The summed E-state index contributed by atoms with van der Waals surface area (Å²) in [5.74, 6) is 0.876. The van der Waals surface area contributed by atoms with Crippen LogP contribution in [0.25, 0.3) is 22.3 Å². The molecule has 1 fully saturated rings. The Labute approximate surface area is 205 Å². The zero-order chi connectivity index (χ0) is 23.9. The molecule has 0 unspecified atom stereocenters. The van der Waals surface area contributed by atoms with Crippen LogP contribution in [0.15, 0.2) is 42.7 Å². The maximum absolute atomic E-state index is 12.8. The highest BCUT2D eigenvalue weighted by atomic mass is 35.5. The van der Waals surface area contributed by atoms with E-state index in [4.69, 9.17) is 31.9 Å². The molecule has 35 heavy (non-hydrogen) atoms. The van der Waals surface area contributed by atoms with Crippen LogP contribution in [-0.2, 0) is 0 Å². The number of nitrogen functional groups attached to an aromatic ring is 1. The molecule has 0 spiro atoms. The standard InChI is InChI=1S/C24H22ClN7O3/c25-16-6-2-1-5-14(16)24(33)30-17-8-7-15(20-21(17)35-12-34-20)19-18-22(26)28-11-29-23(18)32(31-19)13-4-3-9-27-10-13/h1-2,5-8,11,13,27H,3-4,9-10,12H2,(H,30,33)(H2,26,28,29)/t13-/m1/s1. The minimum Gasteiger partial charge on any atom is -0.453 e. The quantitative estimate of drug-likeness (QED) is 0.394. The number of piperidine rings is 1. The number of nitrogens with one attached hydrogen (secondary N) is 2. The van der Waals surface area contributed by atoms with Crippen LogP contribution < -0.4 is 25.8 Å². The molecule has 0 saturated carbocycles. The highest BCUT2D eigenvalue weighted by Gasteiger charge is 2.29. The summed E-state index contributed by atoms with van der Waals surface area (Å²) >= 11 is 6.19. The third-order valence-electron chi connectivity index (χ3n) is 6.28. The summed E-state index contributed by atoms with van der Waals surface area (Å²) in [4.78, 5) is 21.5. The number of nitrogens with two attached hydrogens (primary N) is 1. The van der Waals surface area contributed by atoms with Crippen molar-refractivity contribution in [2.75, 3.05) is 30.9 Å². The second-order valence-corrected chi connectivity index (χ2v) is 8.82. The molecule has 6 rings (SSSR count). The van der Waals surface area contributed by atoms with Crippen molar-refractivity contribution < 1.29 is 14.3 Å². The van der Waals surface area contributed by atoms with Crippen LogP contribution in [-0.4, -0.2) is 45.5 Å². The Bertz CT molecular complexity index is 1450. The van der Waals surface area contributed by atoms with Gasteiger partial charge in [0.05, 0.1) is 27.7 Å². The first kappa shape index (κ1) is 21.6. The Hall–Kier alpha value is -3.89. The Morgan fingerprint density at radius 2 is 2.03 bits per heavy atom. The van der Waals surface area contributed by atoms with Gasteiger partial charge in [0, 0.05) is 12.1 Å². The number of rotatable bonds is 4. The summed E-state index contributed by atoms with van der Waals surface area (Å²) in [6.07, 6.45) is 3.49. The number of hydrogen-bond donors (Lipinski definition) is 3. The minimum absolute atomic E-state index is 0.0124. The molecule has 0 radical (unpaired) electrons. The predicted molar refractivity (Wildman–Crippen MR) is 132 cm³/mol. The van der Waals surface area contributed by atoms with Crippen LogP contribution in [0.2, 0.25) is 5.02 Å². The van der Waals surface area contributed by atoms with Crippen molar-refractivity contribution in [1.82, 2.24) is 25.1 Å². The lowest BCUT2D eigenvalue weighted by Crippen LogP contribution is -2.32. The van der Waals surface area contributed by atoms with E-state index in [1.165, 1.54) is 6.33 Å². The highest BCUT2D eigenvalue weighted by molar-refractivity contribution is 6.34. The van der Waals surface area contributed by atoms with Gasteiger partial charge in [-0.25, -0.2) is 14.6 Å². The van der Waals surface area contributed by atoms with Crippen molar-refractivity contribution in [3.63, 3.8) is 0 Å². The smallest absolute Gasteiger partial charge is 0.257 e. The third kappa shape index (κ3) is 3.71. The van der Waals surface area contributed by atoms with E-state index in [-0.39, 0.29) is 18.7 Å². The van der Waals surface area contributed by atoms with Gasteiger partial charge in [0.2, 0.25) is 6.79 Å². The molecule has 1 atom stereocenters. The van der Waals surface area contributed by atoms with Crippen molar-refractivity contribution in [1.29, 1.82) is 0 Å². The zero-order valence-corrected chi connectivity index (χ0v) is 19.4. The first-order valence-corrected chi connectivity index (χ1v) is 11.7. The molecule has 2 aromatic carbocycles. The van der Waals surface area contributed by atoms with Crippen LogP contribution in [0.5, 0.6) is 11.5 Å². The molecule has 0 bridgehead atoms. The molecule has 2 aliphatic heterocycles. The summed E-state index contributed by atoms with van der Waals surface area (Å²) in [6, 6.07) is 10.6. The summed E-state index contributed by atoms with van der Waals surface area (Å²) in [5, 5.41) is 12.2. The molecular weight excluding hydrogens is 470 g/mol. The lowest BCUT2D eigenvalue weighted by molar-refractivity contribution is 0.102. The van der Waals surface area contributed by atoms with E-state index >= 15 is 0 Å². The van der Waals surface area contributed by atoms with Crippen molar-refractivity contribution >= 4 is 40.0 Å². The van der Waals surface area contributed by atoms with Crippen molar-refractivity contribution in [2.45, 2.75) is 18.9 Å². The molecule has 178 valence electrons. The number of amides is 1. The zero-order valence-electron chi connectivity index (χ0n) is 18.6. The number of carbonyl (C=O) groups excluding carboxylic acids is 1. The number of anilines is 2. The van der Waals surface area contributed by atoms with E-state index < -0.39 is 0 Å². The maximum Gasteiger partial charge on any atom is 0.257 e. The van der Waals surface area contributed by atoms with E-state index in [0.29, 0.717) is 55.9 Å². The second-order valence-electron chi connectivity index (χ2n) is 8.41. The number of hydrogen-bond acceptors (Lipinski definition) is 8. The number of aromatic nitrogens is 4. The topological polar surface area (TPSA) is 129 Å². The predicted octanol–water partition coefficient (Wildman–Crippen LogP) is 3.63. The van der Waals surface area contributed by atoms with Crippen LogP contribution in [0.4, 0.5) is 11.5 Å². The summed E-state index contributed by atoms with van der Waals surface area (Å²) in [5.41, 5.74) is 9.09. The van der Waals surface area contributed by atoms with Gasteiger partial charge in [-0.1, -0.05) is 23.7 Å². The third-order valence-corrected chi connectivity index (χ3v) is 6.60. The van der Waals surface area contributed by atoms with E-state index in [1.54, 1.807) is 30.3 Å². The van der Waals surface area contributed by atoms with Gasteiger partial charge in [0.15, 0.2) is 17.1 Å². The fraction of sp³-hybridized carbons (Fsp3) is 0.250. The van der Waals surface area contributed by atoms with Gasteiger partial charge in [-0.3, -0.25) is 4.79 Å². The first-order valence-electron chi connectivity index (χ1n) is 11.3. The number of ether oxygens (including phenoxy) is 2. The summed E-state index contributed by atoms with van der Waals surface area (Å²) in [7, 11) is 0. The average molecular weight is 492 g/mol. The summed E-state index contributed by atoms with van der Waals surface area (Å²) in [6.45, 7) is 1.79. The Morgan fingerprint density at radius 3 is 2.86 bits per heavy atom. The van der Waals surface area contributed by atoms with Crippen molar-refractivity contribution in [3.8, 4) is 22.8 Å². The highest BCUT2D eigenvalue weighted by Crippen LogP contribution is 2.48. The number of fused-ring (bicyclic) bond motifs is 2. The number of halogens is 1. The molecule has 10 nitrogen and oxygen atoms in total.